The van der Waals surface area contributed by atoms with Crippen molar-refractivity contribution in [3.05, 3.63) is 0 Å². The maximum atomic E-state index is 3.74. The molecule has 2 fully saturated rings. The van der Waals surface area contributed by atoms with Crippen molar-refractivity contribution in [3.8, 4) is 0 Å². The first kappa shape index (κ1) is 11.4. The molecule has 0 bridgehead atoms. The molecule has 15 heavy (non-hydrogen) atoms. The Kier molecular flexibility index (Phi) is 2.63. The van der Waals surface area contributed by atoms with Crippen LogP contribution in [0.1, 0.15) is 53.9 Å². The molecule has 2 saturated heterocycles. The molecule has 1 N–H and O–H groups in total. The van der Waals surface area contributed by atoms with Crippen LogP contribution in [0, 0.1) is 0 Å². The van der Waals surface area contributed by atoms with Gasteiger partial charge in [-0.3, -0.25) is 4.90 Å². The number of unbranched alkanes of at least 4 members (excludes halogenated alkanes) is 1. The zero-order valence-corrected chi connectivity index (χ0v) is 10.9. The van der Waals surface area contributed by atoms with E-state index in [9.17, 15) is 0 Å². The Balaban J connectivity index is 1.93. The molecule has 0 aromatic rings. The Hall–Kier alpha value is -0.0800. The number of nitrogens with one attached hydrogen (secondary N) is 1. The van der Waals surface area contributed by atoms with Crippen molar-refractivity contribution in [1.82, 2.24) is 10.2 Å². The highest BCUT2D eigenvalue weighted by Crippen LogP contribution is 2.55. The number of hydrogen-bond donors (Lipinski definition) is 1. The second kappa shape index (κ2) is 3.46. The number of rotatable bonds is 4. The van der Waals surface area contributed by atoms with Crippen LogP contribution in [0.15, 0.2) is 0 Å². The highest BCUT2D eigenvalue weighted by Gasteiger charge is 2.68. The van der Waals surface area contributed by atoms with Gasteiger partial charge in [0, 0.05) is 23.2 Å². The number of nitrogens with zero attached hydrogens (tertiary/aromatic N) is 1. The highest BCUT2D eigenvalue weighted by atomic mass is 15.5. The van der Waals surface area contributed by atoms with Crippen LogP contribution in [0.3, 0.4) is 0 Å². The Bertz CT molecular complexity index is 245. The molecular weight excluding hydrogens is 184 g/mol. The van der Waals surface area contributed by atoms with Crippen LogP contribution in [0.2, 0.25) is 0 Å². The van der Waals surface area contributed by atoms with Gasteiger partial charge in [0.25, 0.3) is 0 Å². The van der Waals surface area contributed by atoms with Gasteiger partial charge in [0.05, 0.1) is 0 Å². The average Bonchev–Trinajstić information content (AvgIpc) is 2.55. The first-order chi connectivity index (χ1) is 6.91. The minimum Gasteiger partial charge on any atom is -0.312 e. The Morgan fingerprint density at radius 2 is 1.93 bits per heavy atom. The zero-order chi connectivity index (χ0) is 11.3. The van der Waals surface area contributed by atoms with Crippen LogP contribution in [-0.2, 0) is 0 Å². The maximum absolute atomic E-state index is 3.74. The standard InChI is InChI=1S/C13H26N2/c1-6-7-8-14-10-9-12(2,3)15-11(10)13(15,4)5/h10-11,14H,6-9H2,1-5H3. The van der Waals surface area contributed by atoms with Crippen molar-refractivity contribution in [2.24, 2.45) is 0 Å². The summed E-state index contributed by atoms with van der Waals surface area (Å²) in [6, 6.07) is 1.51. The number of fused-ring (bicyclic) bond motifs is 1. The van der Waals surface area contributed by atoms with Crippen molar-refractivity contribution in [2.75, 3.05) is 6.54 Å². The largest absolute Gasteiger partial charge is 0.312 e. The molecule has 0 amide bonds. The van der Waals surface area contributed by atoms with Crippen LogP contribution >= 0.6 is 0 Å². The van der Waals surface area contributed by atoms with Gasteiger partial charge in [0.1, 0.15) is 0 Å². The van der Waals surface area contributed by atoms with E-state index < -0.39 is 0 Å². The molecule has 0 aromatic carbocycles. The maximum Gasteiger partial charge on any atom is 0.0440 e. The van der Waals surface area contributed by atoms with Crippen molar-refractivity contribution in [1.29, 1.82) is 0 Å². The summed E-state index contributed by atoms with van der Waals surface area (Å²) >= 11 is 0. The number of piperidine rings is 1. The monoisotopic (exact) mass is 210 g/mol. The quantitative estimate of drug-likeness (QED) is 0.566. The van der Waals surface area contributed by atoms with Crippen LogP contribution < -0.4 is 5.32 Å². The lowest BCUT2D eigenvalue weighted by Crippen LogP contribution is -2.41. The van der Waals surface area contributed by atoms with Crippen molar-refractivity contribution in [2.45, 2.75) is 77.0 Å². The number of hydrogen-bond acceptors (Lipinski definition) is 2. The second-order valence-corrected chi connectivity index (χ2v) is 6.40. The van der Waals surface area contributed by atoms with Gasteiger partial charge in [0.2, 0.25) is 0 Å². The Labute approximate surface area is 94.4 Å². The summed E-state index contributed by atoms with van der Waals surface area (Å²) in [7, 11) is 0. The molecule has 2 aliphatic heterocycles. The van der Waals surface area contributed by atoms with Gasteiger partial charge in [-0.25, -0.2) is 0 Å². The molecule has 0 spiro atoms. The molecule has 2 rings (SSSR count). The molecule has 0 aliphatic carbocycles. The summed E-state index contributed by atoms with van der Waals surface area (Å²) < 4.78 is 0. The lowest BCUT2D eigenvalue weighted by atomic mass is 9.91. The summed E-state index contributed by atoms with van der Waals surface area (Å²) in [6.45, 7) is 13.0. The normalized spacial score (nSPS) is 40.2. The Morgan fingerprint density at radius 1 is 1.27 bits per heavy atom. The molecule has 2 heterocycles. The van der Waals surface area contributed by atoms with Gasteiger partial charge in [-0.1, -0.05) is 13.3 Å². The topological polar surface area (TPSA) is 15.0 Å². The van der Waals surface area contributed by atoms with Gasteiger partial charge < -0.3 is 5.32 Å². The molecule has 2 heteroatoms. The van der Waals surface area contributed by atoms with E-state index in [-0.39, 0.29) is 0 Å². The summed E-state index contributed by atoms with van der Waals surface area (Å²) in [6.07, 6.45) is 3.91. The zero-order valence-electron chi connectivity index (χ0n) is 10.9. The third-order valence-corrected chi connectivity index (χ3v) is 4.24. The van der Waals surface area contributed by atoms with E-state index in [1.807, 2.05) is 0 Å². The van der Waals surface area contributed by atoms with E-state index in [4.69, 9.17) is 0 Å². The van der Waals surface area contributed by atoms with Crippen molar-refractivity contribution >= 4 is 0 Å². The molecule has 2 nitrogen and oxygen atoms in total. The smallest absolute Gasteiger partial charge is 0.0440 e. The third kappa shape index (κ3) is 1.72. The van der Waals surface area contributed by atoms with E-state index in [1.54, 1.807) is 0 Å². The van der Waals surface area contributed by atoms with E-state index in [0.29, 0.717) is 11.1 Å². The fraction of sp³-hybridized carbons (Fsp3) is 1.00. The summed E-state index contributed by atoms with van der Waals surface area (Å²) in [4.78, 5) is 2.68. The van der Waals surface area contributed by atoms with Crippen LogP contribution in [0.25, 0.3) is 0 Å². The predicted octanol–water partition coefficient (Wildman–Crippen LogP) is 2.39. The predicted molar refractivity (Wildman–Crippen MR) is 65.1 cm³/mol. The van der Waals surface area contributed by atoms with Crippen molar-refractivity contribution in [3.63, 3.8) is 0 Å². The molecule has 88 valence electrons. The van der Waals surface area contributed by atoms with Crippen LogP contribution in [0.4, 0.5) is 0 Å². The van der Waals surface area contributed by atoms with Crippen molar-refractivity contribution < 1.29 is 0 Å². The first-order valence-corrected chi connectivity index (χ1v) is 6.44. The Morgan fingerprint density at radius 3 is 2.40 bits per heavy atom. The minimum absolute atomic E-state index is 0.401. The van der Waals surface area contributed by atoms with Gasteiger partial charge in [-0.15, -0.1) is 0 Å². The fourth-order valence-corrected chi connectivity index (χ4v) is 3.74. The summed E-state index contributed by atoms with van der Waals surface area (Å²) in [5.74, 6) is 0. The fourth-order valence-electron chi connectivity index (χ4n) is 3.74. The van der Waals surface area contributed by atoms with E-state index in [1.165, 1.54) is 25.8 Å². The summed E-state index contributed by atoms with van der Waals surface area (Å²) in [5, 5.41) is 3.74. The summed E-state index contributed by atoms with van der Waals surface area (Å²) in [5.41, 5.74) is 0.837. The minimum atomic E-state index is 0.401. The van der Waals surface area contributed by atoms with Crippen LogP contribution in [-0.4, -0.2) is 34.6 Å². The molecular formula is C13H26N2. The van der Waals surface area contributed by atoms with Crippen LogP contribution in [0.5, 0.6) is 0 Å². The van der Waals surface area contributed by atoms with E-state index >= 15 is 0 Å². The average molecular weight is 210 g/mol. The second-order valence-electron chi connectivity index (χ2n) is 6.40. The SMILES string of the molecule is CCCCNC1CC(C)(C)N2C1C2(C)C. The lowest BCUT2D eigenvalue weighted by Gasteiger charge is -2.29. The lowest BCUT2D eigenvalue weighted by molar-refractivity contribution is 0.239. The van der Waals surface area contributed by atoms with E-state index in [0.717, 1.165) is 12.1 Å². The molecule has 2 aliphatic rings. The van der Waals surface area contributed by atoms with Gasteiger partial charge in [-0.05, 0) is 47.1 Å². The highest BCUT2D eigenvalue weighted by molar-refractivity contribution is 5.26. The molecule has 0 radical (unpaired) electrons. The molecule has 0 aromatic heterocycles. The first-order valence-electron chi connectivity index (χ1n) is 6.44. The molecule has 3 atom stereocenters. The van der Waals surface area contributed by atoms with Gasteiger partial charge >= 0.3 is 0 Å². The third-order valence-electron chi connectivity index (χ3n) is 4.24. The van der Waals surface area contributed by atoms with E-state index in [2.05, 4.69) is 44.8 Å². The van der Waals surface area contributed by atoms with Gasteiger partial charge in [0.15, 0.2) is 0 Å². The molecule has 3 unspecified atom stereocenters. The van der Waals surface area contributed by atoms with Gasteiger partial charge in [-0.2, -0.15) is 0 Å². The molecule has 0 saturated carbocycles.